The number of hydrogen-bond acceptors (Lipinski definition) is 3. The number of rotatable bonds is 5. The molecule has 0 radical (unpaired) electrons. The second-order valence-electron chi connectivity index (χ2n) is 5.16. The van der Waals surface area contributed by atoms with Gasteiger partial charge in [-0.05, 0) is 6.42 Å². The minimum absolute atomic E-state index is 0.169. The Morgan fingerprint density at radius 3 is 2.60 bits per heavy atom. The summed E-state index contributed by atoms with van der Waals surface area (Å²) in [6.07, 6.45) is 1.17. The summed E-state index contributed by atoms with van der Waals surface area (Å²) >= 11 is 0. The molecule has 1 aliphatic rings. The van der Waals surface area contributed by atoms with Crippen LogP contribution >= 0.6 is 0 Å². The monoisotopic (exact) mass is 212 g/mol. The predicted octanol–water partition coefficient (Wildman–Crippen LogP) is 1.28. The van der Waals surface area contributed by atoms with E-state index in [9.17, 15) is 4.79 Å². The molecule has 1 heterocycles. The van der Waals surface area contributed by atoms with Crippen LogP contribution in [0.2, 0.25) is 0 Å². The molecule has 3 nitrogen and oxygen atoms in total. The fourth-order valence-electron chi connectivity index (χ4n) is 1.99. The van der Waals surface area contributed by atoms with Crippen LogP contribution in [0.25, 0.3) is 0 Å². The minimum atomic E-state index is 0.169. The number of nitrogens with one attached hydrogen (secondary N) is 1. The summed E-state index contributed by atoms with van der Waals surface area (Å²) in [6.45, 7) is 11.0. The highest BCUT2D eigenvalue weighted by Crippen LogP contribution is 2.10. The van der Waals surface area contributed by atoms with Crippen molar-refractivity contribution in [2.75, 3.05) is 19.6 Å². The Morgan fingerprint density at radius 1 is 1.40 bits per heavy atom. The largest absolute Gasteiger partial charge is 0.310 e. The third-order valence-corrected chi connectivity index (χ3v) is 2.86. The Hall–Kier alpha value is -0.410. The van der Waals surface area contributed by atoms with Crippen molar-refractivity contribution in [3.8, 4) is 0 Å². The summed E-state index contributed by atoms with van der Waals surface area (Å²) < 4.78 is 0. The van der Waals surface area contributed by atoms with Gasteiger partial charge >= 0.3 is 0 Å². The van der Waals surface area contributed by atoms with Gasteiger partial charge in [0.25, 0.3) is 0 Å². The highest BCUT2D eigenvalue weighted by Gasteiger charge is 2.24. The molecule has 1 aliphatic heterocycles. The summed E-state index contributed by atoms with van der Waals surface area (Å²) in [5.41, 5.74) is 0. The van der Waals surface area contributed by atoms with E-state index < -0.39 is 0 Å². The van der Waals surface area contributed by atoms with Crippen molar-refractivity contribution < 1.29 is 4.79 Å². The normalized spacial score (nSPS) is 22.9. The molecule has 0 spiro atoms. The van der Waals surface area contributed by atoms with Crippen LogP contribution in [0.1, 0.15) is 34.1 Å². The van der Waals surface area contributed by atoms with Crippen LogP contribution in [0.4, 0.5) is 0 Å². The van der Waals surface area contributed by atoms with E-state index in [2.05, 4.69) is 24.1 Å². The molecule has 1 atom stereocenters. The molecular formula is C12H24N2O. The number of carbonyl (C=O) groups is 1. The molecule has 1 N–H and O–H groups in total. The highest BCUT2D eigenvalue weighted by atomic mass is 16.1. The van der Waals surface area contributed by atoms with E-state index in [1.54, 1.807) is 0 Å². The average Bonchev–Trinajstić information content (AvgIpc) is 2.51. The number of nitrogens with zero attached hydrogens (tertiary/aromatic N) is 1. The molecule has 3 heteroatoms. The Balaban J connectivity index is 2.27. The van der Waals surface area contributed by atoms with Crippen molar-refractivity contribution in [2.24, 2.45) is 5.92 Å². The first-order valence-corrected chi connectivity index (χ1v) is 6.00. The first-order valence-electron chi connectivity index (χ1n) is 6.00. The van der Waals surface area contributed by atoms with Crippen molar-refractivity contribution in [2.45, 2.75) is 46.2 Å². The second kappa shape index (κ2) is 5.61. The van der Waals surface area contributed by atoms with E-state index in [4.69, 9.17) is 0 Å². The number of carbonyl (C=O) groups excluding carboxylic acids is 1. The van der Waals surface area contributed by atoms with Crippen molar-refractivity contribution in [3.63, 3.8) is 0 Å². The molecule has 0 aromatic carbocycles. The zero-order chi connectivity index (χ0) is 11.4. The molecule has 1 fully saturated rings. The molecule has 1 unspecified atom stereocenters. The molecule has 0 aromatic heterocycles. The summed E-state index contributed by atoms with van der Waals surface area (Å²) in [5.74, 6) is 0.530. The van der Waals surface area contributed by atoms with Crippen LogP contribution in [0.3, 0.4) is 0 Å². The third kappa shape index (κ3) is 4.31. The van der Waals surface area contributed by atoms with Gasteiger partial charge in [-0.25, -0.2) is 0 Å². The molecular weight excluding hydrogens is 188 g/mol. The Bertz CT molecular complexity index is 214. The SMILES string of the molecule is CC(C)NC1CCN(CC(=O)C(C)C)C1. The molecule has 1 saturated heterocycles. The van der Waals surface area contributed by atoms with Crippen molar-refractivity contribution >= 4 is 5.78 Å². The van der Waals surface area contributed by atoms with Gasteiger partial charge in [-0.2, -0.15) is 0 Å². The molecule has 0 bridgehead atoms. The zero-order valence-electron chi connectivity index (χ0n) is 10.4. The van der Waals surface area contributed by atoms with Gasteiger partial charge in [-0.3, -0.25) is 9.69 Å². The van der Waals surface area contributed by atoms with Crippen LogP contribution in [0, 0.1) is 5.92 Å². The predicted molar refractivity (Wildman–Crippen MR) is 63.0 cm³/mol. The van der Waals surface area contributed by atoms with E-state index >= 15 is 0 Å². The van der Waals surface area contributed by atoms with Gasteiger partial charge in [0, 0.05) is 31.1 Å². The van der Waals surface area contributed by atoms with Crippen molar-refractivity contribution in [1.29, 1.82) is 0 Å². The highest BCUT2D eigenvalue weighted by molar-refractivity contribution is 5.82. The number of Topliss-reactive ketones (excluding diaryl/α,β-unsaturated/α-hetero) is 1. The topological polar surface area (TPSA) is 32.3 Å². The molecule has 0 saturated carbocycles. The lowest BCUT2D eigenvalue weighted by molar-refractivity contribution is -0.122. The lowest BCUT2D eigenvalue weighted by atomic mass is 10.1. The first-order chi connectivity index (χ1) is 6.99. The maximum atomic E-state index is 11.6. The molecule has 0 aromatic rings. The van der Waals surface area contributed by atoms with Gasteiger partial charge in [0.2, 0.25) is 0 Å². The Morgan fingerprint density at radius 2 is 2.07 bits per heavy atom. The molecule has 88 valence electrons. The average molecular weight is 212 g/mol. The fourth-order valence-corrected chi connectivity index (χ4v) is 1.99. The van der Waals surface area contributed by atoms with Crippen LogP contribution in [0.5, 0.6) is 0 Å². The summed E-state index contributed by atoms with van der Waals surface area (Å²) in [5, 5.41) is 3.52. The summed E-state index contributed by atoms with van der Waals surface area (Å²) in [6, 6.07) is 1.11. The van der Waals surface area contributed by atoms with E-state index in [1.165, 1.54) is 6.42 Å². The van der Waals surface area contributed by atoms with Crippen molar-refractivity contribution in [3.05, 3.63) is 0 Å². The third-order valence-electron chi connectivity index (χ3n) is 2.86. The van der Waals surface area contributed by atoms with Crippen LogP contribution < -0.4 is 5.32 Å². The van der Waals surface area contributed by atoms with E-state index in [0.29, 0.717) is 24.4 Å². The van der Waals surface area contributed by atoms with E-state index in [-0.39, 0.29) is 5.92 Å². The maximum Gasteiger partial charge on any atom is 0.149 e. The number of likely N-dealkylation sites (tertiary alicyclic amines) is 1. The Labute approximate surface area is 93.2 Å². The zero-order valence-corrected chi connectivity index (χ0v) is 10.4. The Kier molecular flexibility index (Phi) is 4.74. The van der Waals surface area contributed by atoms with Crippen molar-refractivity contribution in [1.82, 2.24) is 10.2 Å². The smallest absolute Gasteiger partial charge is 0.149 e. The fraction of sp³-hybridized carbons (Fsp3) is 0.917. The van der Waals surface area contributed by atoms with Gasteiger partial charge in [-0.1, -0.05) is 27.7 Å². The van der Waals surface area contributed by atoms with E-state index in [1.807, 2.05) is 13.8 Å². The molecule has 0 amide bonds. The standard InChI is InChI=1S/C12H24N2O/c1-9(2)12(15)8-14-6-5-11(7-14)13-10(3)4/h9-11,13H,5-8H2,1-4H3. The maximum absolute atomic E-state index is 11.6. The summed E-state index contributed by atoms with van der Waals surface area (Å²) in [7, 11) is 0. The van der Waals surface area contributed by atoms with Gasteiger partial charge in [0.05, 0.1) is 6.54 Å². The van der Waals surface area contributed by atoms with Crippen LogP contribution in [-0.2, 0) is 4.79 Å². The minimum Gasteiger partial charge on any atom is -0.310 e. The lowest BCUT2D eigenvalue weighted by Gasteiger charge is -2.18. The van der Waals surface area contributed by atoms with E-state index in [0.717, 1.165) is 13.1 Å². The quantitative estimate of drug-likeness (QED) is 0.745. The molecule has 1 rings (SSSR count). The van der Waals surface area contributed by atoms with Crippen LogP contribution in [0.15, 0.2) is 0 Å². The van der Waals surface area contributed by atoms with Gasteiger partial charge in [0.15, 0.2) is 0 Å². The lowest BCUT2D eigenvalue weighted by Crippen LogP contribution is -2.38. The molecule has 15 heavy (non-hydrogen) atoms. The second-order valence-corrected chi connectivity index (χ2v) is 5.16. The number of ketones is 1. The first kappa shape index (κ1) is 12.7. The van der Waals surface area contributed by atoms with Gasteiger partial charge in [0.1, 0.15) is 5.78 Å². The van der Waals surface area contributed by atoms with Crippen LogP contribution in [-0.4, -0.2) is 42.4 Å². The van der Waals surface area contributed by atoms with Gasteiger partial charge < -0.3 is 5.32 Å². The number of hydrogen-bond donors (Lipinski definition) is 1. The summed E-state index contributed by atoms with van der Waals surface area (Å²) in [4.78, 5) is 13.8. The molecule has 0 aliphatic carbocycles. The van der Waals surface area contributed by atoms with Gasteiger partial charge in [-0.15, -0.1) is 0 Å².